The number of ether oxygens (including phenoxy) is 2. The Kier molecular flexibility index (Phi) is 6.08. The Labute approximate surface area is 136 Å². The van der Waals surface area contributed by atoms with Crippen molar-refractivity contribution in [2.75, 3.05) is 26.9 Å². The molecule has 1 aromatic rings. The molecule has 21 heavy (non-hydrogen) atoms. The van der Waals surface area contributed by atoms with Gasteiger partial charge in [-0.15, -0.1) is 0 Å². The summed E-state index contributed by atoms with van der Waals surface area (Å²) in [5.41, 5.74) is 3.71. The highest BCUT2D eigenvalue weighted by Gasteiger charge is 2.29. The van der Waals surface area contributed by atoms with Gasteiger partial charge in [0.15, 0.2) is 0 Å². The van der Waals surface area contributed by atoms with Crippen LogP contribution >= 0.6 is 15.9 Å². The van der Waals surface area contributed by atoms with Crippen molar-refractivity contribution in [2.45, 2.75) is 39.7 Å². The molecule has 0 aliphatic carbocycles. The maximum absolute atomic E-state index is 5.73. The molecule has 0 radical (unpaired) electrons. The SMILES string of the molecule is CCNC(c1c(C)c(Br)cc(C)c1OC)C1CCCOC1. The summed E-state index contributed by atoms with van der Waals surface area (Å²) in [4.78, 5) is 0. The van der Waals surface area contributed by atoms with Gasteiger partial charge >= 0.3 is 0 Å². The second-order valence-electron chi connectivity index (χ2n) is 5.76. The molecule has 2 unspecified atom stereocenters. The van der Waals surface area contributed by atoms with Crippen molar-refractivity contribution in [3.63, 3.8) is 0 Å². The van der Waals surface area contributed by atoms with Gasteiger partial charge in [0.1, 0.15) is 5.75 Å². The van der Waals surface area contributed by atoms with Crippen LogP contribution in [0.1, 0.15) is 42.5 Å². The Morgan fingerprint density at radius 3 is 2.81 bits per heavy atom. The Morgan fingerprint density at radius 2 is 2.24 bits per heavy atom. The van der Waals surface area contributed by atoms with Crippen molar-refractivity contribution in [1.82, 2.24) is 5.32 Å². The van der Waals surface area contributed by atoms with E-state index in [0.717, 1.165) is 36.4 Å². The highest BCUT2D eigenvalue weighted by molar-refractivity contribution is 9.10. The number of aryl methyl sites for hydroxylation is 1. The number of nitrogens with one attached hydrogen (secondary N) is 1. The zero-order valence-electron chi connectivity index (χ0n) is 13.5. The van der Waals surface area contributed by atoms with E-state index in [1.54, 1.807) is 7.11 Å². The molecule has 1 fully saturated rings. The van der Waals surface area contributed by atoms with Crippen molar-refractivity contribution in [1.29, 1.82) is 0 Å². The molecule has 1 heterocycles. The van der Waals surface area contributed by atoms with E-state index in [1.165, 1.54) is 23.1 Å². The Bertz CT molecular complexity index is 484. The van der Waals surface area contributed by atoms with E-state index in [0.29, 0.717) is 5.92 Å². The average Bonchev–Trinajstić information content (AvgIpc) is 2.49. The van der Waals surface area contributed by atoms with Crippen molar-refractivity contribution in [3.05, 3.63) is 27.2 Å². The van der Waals surface area contributed by atoms with Crippen LogP contribution in [0.25, 0.3) is 0 Å². The summed E-state index contributed by atoms with van der Waals surface area (Å²) in [6.45, 7) is 9.08. The highest BCUT2D eigenvalue weighted by Crippen LogP contribution is 2.40. The van der Waals surface area contributed by atoms with Crippen LogP contribution in [0.3, 0.4) is 0 Å². The first-order valence-corrected chi connectivity index (χ1v) is 8.54. The monoisotopic (exact) mass is 355 g/mol. The van der Waals surface area contributed by atoms with Gasteiger partial charge < -0.3 is 14.8 Å². The quantitative estimate of drug-likeness (QED) is 0.860. The van der Waals surface area contributed by atoms with Gasteiger partial charge in [0.2, 0.25) is 0 Å². The van der Waals surface area contributed by atoms with Crippen LogP contribution in [-0.4, -0.2) is 26.9 Å². The first kappa shape index (κ1) is 16.8. The maximum Gasteiger partial charge on any atom is 0.126 e. The number of benzene rings is 1. The molecule has 4 heteroatoms. The van der Waals surface area contributed by atoms with Crippen LogP contribution < -0.4 is 10.1 Å². The summed E-state index contributed by atoms with van der Waals surface area (Å²) in [5, 5.41) is 3.66. The predicted octanol–water partition coefficient (Wildman–Crippen LogP) is 4.15. The molecule has 0 aromatic heterocycles. The lowest BCUT2D eigenvalue weighted by Crippen LogP contribution is -2.34. The number of methoxy groups -OCH3 is 1. The van der Waals surface area contributed by atoms with Gasteiger partial charge in [-0.05, 0) is 50.4 Å². The summed E-state index contributed by atoms with van der Waals surface area (Å²) in [6.07, 6.45) is 2.34. The second-order valence-corrected chi connectivity index (χ2v) is 6.61. The number of rotatable bonds is 5. The zero-order valence-corrected chi connectivity index (χ0v) is 15.0. The van der Waals surface area contributed by atoms with E-state index in [9.17, 15) is 0 Å². The first-order valence-electron chi connectivity index (χ1n) is 7.74. The van der Waals surface area contributed by atoms with Crippen molar-refractivity contribution < 1.29 is 9.47 Å². The van der Waals surface area contributed by atoms with Crippen LogP contribution in [0.15, 0.2) is 10.5 Å². The fourth-order valence-corrected chi connectivity index (χ4v) is 3.83. The Hall–Kier alpha value is -0.580. The summed E-state index contributed by atoms with van der Waals surface area (Å²) >= 11 is 3.69. The summed E-state index contributed by atoms with van der Waals surface area (Å²) in [5.74, 6) is 1.51. The third-order valence-electron chi connectivity index (χ3n) is 4.31. The maximum atomic E-state index is 5.73. The molecule has 0 amide bonds. The molecule has 2 atom stereocenters. The van der Waals surface area contributed by atoms with Crippen LogP contribution in [-0.2, 0) is 4.74 Å². The molecule has 118 valence electrons. The normalized spacial score (nSPS) is 20.3. The minimum absolute atomic E-state index is 0.279. The molecule has 2 rings (SSSR count). The fourth-order valence-electron chi connectivity index (χ4n) is 3.27. The van der Waals surface area contributed by atoms with Gasteiger partial charge in [-0.2, -0.15) is 0 Å². The van der Waals surface area contributed by atoms with E-state index in [4.69, 9.17) is 9.47 Å². The third kappa shape index (κ3) is 3.61. The Balaban J connectivity index is 2.47. The second kappa shape index (κ2) is 7.61. The fraction of sp³-hybridized carbons (Fsp3) is 0.647. The van der Waals surface area contributed by atoms with Gasteiger partial charge in [0.05, 0.1) is 13.7 Å². The smallest absolute Gasteiger partial charge is 0.126 e. The first-order chi connectivity index (χ1) is 10.1. The molecule has 1 N–H and O–H groups in total. The summed E-state index contributed by atoms with van der Waals surface area (Å²) < 4.78 is 12.6. The van der Waals surface area contributed by atoms with Crippen LogP contribution in [0.4, 0.5) is 0 Å². The summed E-state index contributed by atoms with van der Waals surface area (Å²) in [7, 11) is 1.76. The van der Waals surface area contributed by atoms with E-state index in [1.807, 2.05) is 0 Å². The minimum atomic E-state index is 0.279. The Morgan fingerprint density at radius 1 is 1.48 bits per heavy atom. The molecule has 1 saturated heterocycles. The molecule has 3 nitrogen and oxygen atoms in total. The molecular formula is C17H26BrNO2. The molecule has 0 saturated carbocycles. The molecule has 0 bridgehead atoms. The van der Waals surface area contributed by atoms with Gasteiger partial charge in [0, 0.05) is 28.6 Å². The molecule has 1 aliphatic rings. The number of hydrogen-bond acceptors (Lipinski definition) is 3. The molecule has 0 spiro atoms. The highest BCUT2D eigenvalue weighted by atomic mass is 79.9. The molecule has 1 aliphatic heterocycles. The minimum Gasteiger partial charge on any atom is -0.496 e. The lowest BCUT2D eigenvalue weighted by atomic mass is 9.85. The van der Waals surface area contributed by atoms with E-state index in [2.05, 4.69) is 48.1 Å². The van der Waals surface area contributed by atoms with E-state index in [-0.39, 0.29) is 6.04 Å². The van der Waals surface area contributed by atoms with Crippen molar-refractivity contribution in [2.24, 2.45) is 5.92 Å². The van der Waals surface area contributed by atoms with Gasteiger partial charge in [0.25, 0.3) is 0 Å². The largest absolute Gasteiger partial charge is 0.496 e. The van der Waals surface area contributed by atoms with Gasteiger partial charge in [-0.1, -0.05) is 22.9 Å². The van der Waals surface area contributed by atoms with E-state index < -0.39 is 0 Å². The predicted molar refractivity (Wildman–Crippen MR) is 90.1 cm³/mol. The summed E-state index contributed by atoms with van der Waals surface area (Å²) in [6, 6.07) is 2.42. The number of hydrogen-bond donors (Lipinski definition) is 1. The van der Waals surface area contributed by atoms with Crippen molar-refractivity contribution in [3.8, 4) is 5.75 Å². The molecular weight excluding hydrogens is 330 g/mol. The standard InChI is InChI=1S/C17H26BrNO2/c1-5-19-16(13-7-6-8-21-10-13)15-12(3)14(18)9-11(2)17(15)20-4/h9,13,16,19H,5-8,10H2,1-4H3. The lowest BCUT2D eigenvalue weighted by molar-refractivity contribution is 0.0388. The van der Waals surface area contributed by atoms with Crippen LogP contribution in [0, 0.1) is 19.8 Å². The topological polar surface area (TPSA) is 30.5 Å². The average molecular weight is 356 g/mol. The lowest BCUT2D eigenvalue weighted by Gasteiger charge is -2.33. The van der Waals surface area contributed by atoms with Gasteiger partial charge in [-0.25, -0.2) is 0 Å². The zero-order chi connectivity index (χ0) is 15.4. The van der Waals surface area contributed by atoms with Crippen molar-refractivity contribution >= 4 is 15.9 Å². The van der Waals surface area contributed by atoms with Crippen LogP contribution in [0.2, 0.25) is 0 Å². The number of halogens is 1. The van der Waals surface area contributed by atoms with E-state index >= 15 is 0 Å². The third-order valence-corrected chi connectivity index (χ3v) is 5.14. The molecule has 1 aromatic carbocycles. The van der Waals surface area contributed by atoms with Crippen LogP contribution in [0.5, 0.6) is 5.75 Å². The van der Waals surface area contributed by atoms with Gasteiger partial charge in [-0.3, -0.25) is 0 Å².